The number of primary amides is 1. The fraction of sp³-hybridized carbons (Fsp3) is 0.125. The van der Waals surface area contributed by atoms with Crippen LogP contribution in [0.3, 0.4) is 0 Å². The first kappa shape index (κ1) is 9.80. The summed E-state index contributed by atoms with van der Waals surface area (Å²) in [6.45, 7) is 0.203. The number of rotatable bonds is 2. The van der Waals surface area contributed by atoms with Gasteiger partial charge in [0.15, 0.2) is 0 Å². The molecule has 0 unspecified atom stereocenters. The van der Waals surface area contributed by atoms with Gasteiger partial charge in [0.2, 0.25) is 0 Å². The molecule has 0 aliphatic heterocycles. The molecule has 70 valence electrons. The first-order valence-corrected chi connectivity index (χ1v) is 3.94. The van der Waals surface area contributed by atoms with E-state index in [2.05, 4.69) is 5.32 Å². The van der Waals surface area contributed by atoms with Crippen LogP contribution in [0.2, 0.25) is 5.02 Å². The van der Waals surface area contributed by atoms with E-state index < -0.39 is 11.8 Å². The average Bonchev–Trinajstić information content (AvgIpc) is 2.02. The standard InChI is InChI=1S/C8H8ClFN2O/c9-7-3-6(10)2-1-5(7)4-12-8(11)13/h1-3H,4H2,(H3,11,12,13). The molecule has 0 aliphatic carbocycles. The Bertz CT molecular complexity index is 330. The fourth-order valence-corrected chi connectivity index (χ4v) is 1.08. The number of nitrogens with one attached hydrogen (secondary N) is 1. The molecule has 0 radical (unpaired) electrons. The second-order valence-corrected chi connectivity index (χ2v) is 2.86. The second kappa shape index (κ2) is 4.09. The van der Waals surface area contributed by atoms with Gasteiger partial charge in [0.1, 0.15) is 5.82 Å². The first-order valence-electron chi connectivity index (χ1n) is 3.57. The Morgan fingerprint density at radius 3 is 2.85 bits per heavy atom. The van der Waals surface area contributed by atoms with Crippen molar-refractivity contribution in [3.8, 4) is 0 Å². The third kappa shape index (κ3) is 2.91. The van der Waals surface area contributed by atoms with Gasteiger partial charge in [0, 0.05) is 11.6 Å². The topological polar surface area (TPSA) is 55.1 Å². The molecule has 0 heterocycles. The number of carbonyl (C=O) groups excluding carboxylic acids is 1. The maximum atomic E-state index is 12.5. The molecule has 1 aromatic carbocycles. The van der Waals surface area contributed by atoms with Crippen LogP contribution >= 0.6 is 11.6 Å². The van der Waals surface area contributed by atoms with Gasteiger partial charge < -0.3 is 11.1 Å². The minimum Gasteiger partial charge on any atom is -0.352 e. The molecule has 0 aromatic heterocycles. The zero-order chi connectivity index (χ0) is 9.84. The minimum atomic E-state index is -0.639. The fourth-order valence-electron chi connectivity index (χ4n) is 0.847. The van der Waals surface area contributed by atoms with E-state index in [1.165, 1.54) is 18.2 Å². The highest BCUT2D eigenvalue weighted by Crippen LogP contribution is 2.16. The number of hydrogen-bond acceptors (Lipinski definition) is 1. The third-order valence-corrected chi connectivity index (χ3v) is 1.82. The number of benzene rings is 1. The van der Waals surface area contributed by atoms with Crippen molar-refractivity contribution in [2.45, 2.75) is 6.54 Å². The summed E-state index contributed by atoms with van der Waals surface area (Å²) in [7, 11) is 0. The maximum absolute atomic E-state index is 12.5. The highest BCUT2D eigenvalue weighted by Gasteiger charge is 2.02. The van der Waals surface area contributed by atoms with E-state index in [4.69, 9.17) is 17.3 Å². The van der Waals surface area contributed by atoms with Gasteiger partial charge in [0.25, 0.3) is 0 Å². The molecule has 0 saturated carbocycles. The zero-order valence-corrected chi connectivity index (χ0v) is 7.44. The van der Waals surface area contributed by atoms with Crippen LogP contribution in [-0.2, 0) is 6.54 Å². The molecular formula is C8H8ClFN2O. The summed E-state index contributed by atoms with van der Waals surface area (Å²) in [6, 6.07) is 3.30. The van der Waals surface area contributed by atoms with Crippen molar-refractivity contribution in [2.75, 3.05) is 0 Å². The average molecular weight is 203 g/mol. The van der Waals surface area contributed by atoms with Crippen molar-refractivity contribution in [1.29, 1.82) is 0 Å². The maximum Gasteiger partial charge on any atom is 0.312 e. The van der Waals surface area contributed by atoms with Gasteiger partial charge in [-0.25, -0.2) is 9.18 Å². The number of carbonyl (C=O) groups is 1. The predicted octanol–water partition coefficient (Wildman–Crippen LogP) is 1.65. The number of amides is 2. The van der Waals surface area contributed by atoms with Crippen LogP contribution in [0.4, 0.5) is 9.18 Å². The van der Waals surface area contributed by atoms with Gasteiger partial charge in [-0.1, -0.05) is 17.7 Å². The van der Waals surface area contributed by atoms with E-state index >= 15 is 0 Å². The quantitative estimate of drug-likeness (QED) is 0.753. The highest BCUT2D eigenvalue weighted by atomic mass is 35.5. The summed E-state index contributed by atoms with van der Waals surface area (Å²) in [5.41, 5.74) is 5.48. The molecule has 13 heavy (non-hydrogen) atoms. The molecule has 2 amide bonds. The number of nitrogens with two attached hydrogens (primary N) is 1. The van der Waals surface area contributed by atoms with Crippen molar-refractivity contribution in [2.24, 2.45) is 5.73 Å². The summed E-state index contributed by atoms with van der Waals surface area (Å²) < 4.78 is 12.5. The molecule has 5 heteroatoms. The zero-order valence-electron chi connectivity index (χ0n) is 6.68. The first-order chi connectivity index (χ1) is 6.09. The van der Waals surface area contributed by atoms with Gasteiger partial charge in [-0.05, 0) is 17.7 Å². The van der Waals surface area contributed by atoms with Crippen LogP contribution in [0.1, 0.15) is 5.56 Å². The van der Waals surface area contributed by atoms with Crippen LogP contribution in [-0.4, -0.2) is 6.03 Å². The summed E-state index contributed by atoms with van der Waals surface area (Å²) in [4.78, 5) is 10.3. The summed E-state index contributed by atoms with van der Waals surface area (Å²) in [6.07, 6.45) is 0. The Morgan fingerprint density at radius 2 is 2.31 bits per heavy atom. The molecule has 0 saturated heterocycles. The van der Waals surface area contributed by atoms with Crippen LogP contribution < -0.4 is 11.1 Å². The van der Waals surface area contributed by atoms with E-state index in [0.717, 1.165) is 0 Å². The molecule has 0 atom stereocenters. The van der Waals surface area contributed by atoms with Crippen molar-refractivity contribution in [3.05, 3.63) is 34.6 Å². The molecular weight excluding hydrogens is 195 g/mol. The second-order valence-electron chi connectivity index (χ2n) is 2.45. The Labute approximate surface area is 79.7 Å². The Hall–Kier alpha value is -1.29. The smallest absolute Gasteiger partial charge is 0.312 e. The minimum absolute atomic E-state index is 0.203. The van der Waals surface area contributed by atoms with Crippen molar-refractivity contribution in [3.63, 3.8) is 0 Å². The van der Waals surface area contributed by atoms with E-state index in [0.29, 0.717) is 5.56 Å². The van der Waals surface area contributed by atoms with E-state index in [9.17, 15) is 9.18 Å². The lowest BCUT2D eigenvalue weighted by molar-refractivity contribution is 0.248. The molecule has 1 rings (SSSR count). The Morgan fingerprint density at radius 1 is 1.62 bits per heavy atom. The lowest BCUT2D eigenvalue weighted by atomic mass is 10.2. The molecule has 0 fully saturated rings. The van der Waals surface area contributed by atoms with Gasteiger partial charge in [-0.15, -0.1) is 0 Å². The molecule has 1 aromatic rings. The SMILES string of the molecule is NC(=O)NCc1ccc(F)cc1Cl. The summed E-state index contributed by atoms with van der Waals surface area (Å²) in [5.74, 6) is -0.409. The predicted molar refractivity (Wildman–Crippen MR) is 47.8 cm³/mol. The van der Waals surface area contributed by atoms with E-state index in [-0.39, 0.29) is 11.6 Å². The summed E-state index contributed by atoms with van der Waals surface area (Å²) in [5, 5.41) is 2.63. The van der Waals surface area contributed by atoms with Crippen molar-refractivity contribution >= 4 is 17.6 Å². The van der Waals surface area contributed by atoms with Crippen molar-refractivity contribution in [1.82, 2.24) is 5.32 Å². The van der Waals surface area contributed by atoms with E-state index in [1.807, 2.05) is 0 Å². The summed E-state index contributed by atoms with van der Waals surface area (Å²) >= 11 is 5.68. The monoisotopic (exact) mass is 202 g/mol. The highest BCUT2D eigenvalue weighted by molar-refractivity contribution is 6.31. The number of hydrogen-bond donors (Lipinski definition) is 2. The molecule has 0 bridgehead atoms. The van der Waals surface area contributed by atoms with Gasteiger partial charge in [-0.2, -0.15) is 0 Å². The van der Waals surface area contributed by atoms with E-state index in [1.54, 1.807) is 0 Å². The molecule has 3 N–H and O–H groups in total. The molecule has 3 nitrogen and oxygen atoms in total. The number of halogens is 2. The van der Waals surface area contributed by atoms with Crippen LogP contribution in [0.25, 0.3) is 0 Å². The van der Waals surface area contributed by atoms with Gasteiger partial charge in [0.05, 0.1) is 0 Å². The van der Waals surface area contributed by atoms with Crippen LogP contribution in [0.15, 0.2) is 18.2 Å². The third-order valence-electron chi connectivity index (χ3n) is 1.47. The lowest BCUT2D eigenvalue weighted by Gasteiger charge is -2.03. The Balaban J connectivity index is 2.72. The molecule has 0 aliphatic rings. The number of urea groups is 1. The van der Waals surface area contributed by atoms with Gasteiger partial charge in [-0.3, -0.25) is 0 Å². The van der Waals surface area contributed by atoms with Crippen LogP contribution in [0, 0.1) is 5.82 Å². The Kier molecular flexibility index (Phi) is 3.08. The normalized spacial score (nSPS) is 9.69. The largest absolute Gasteiger partial charge is 0.352 e. The van der Waals surface area contributed by atoms with Gasteiger partial charge >= 0.3 is 6.03 Å². The van der Waals surface area contributed by atoms with Crippen LogP contribution in [0.5, 0.6) is 0 Å². The molecule has 0 spiro atoms. The lowest BCUT2D eigenvalue weighted by Crippen LogP contribution is -2.28. The van der Waals surface area contributed by atoms with Crippen molar-refractivity contribution < 1.29 is 9.18 Å².